The molecule has 3 N–H and O–H groups in total. The molecule has 30 heavy (non-hydrogen) atoms. The maximum Gasteiger partial charge on any atom is 0.240 e. The number of hydrogen-bond donors (Lipinski definition) is 2. The van der Waals surface area contributed by atoms with E-state index < -0.39 is 0 Å². The van der Waals surface area contributed by atoms with E-state index in [0.29, 0.717) is 5.13 Å². The van der Waals surface area contributed by atoms with Gasteiger partial charge in [0.15, 0.2) is 5.13 Å². The predicted octanol–water partition coefficient (Wildman–Crippen LogP) is 3.36. The number of ether oxygens (including phenoxy) is 1. The lowest BCUT2D eigenvalue weighted by Crippen LogP contribution is -2.40. The van der Waals surface area contributed by atoms with Crippen LogP contribution in [0.3, 0.4) is 0 Å². The summed E-state index contributed by atoms with van der Waals surface area (Å²) in [7, 11) is 1.64. The topological polar surface area (TPSA) is 106 Å². The lowest BCUT2D eigenvalue weighted by Gasteiger charge is -2.35. The number of aromatic nitrogens is 3. The molecule has 1 aliphatic heterocycles. The van der Waals surface area contributed by atoms with Gasteiger partial charge in [-0.25, -0.2) is 15.0 Å². The van der Waals surface area contributed by atoms with Crippen LogP contribution in [0.15, 0.2) is 42.0 Å². The second kappa shape index (κ2) is 9.19. The Hall–Kier alpha value is -3.04. The summed E-state index contributed by atoms with van der Waals surface area (Å²) in [6.07, 6.45) is 6.44. The molecule has 1 aromatic carbocycles. The molecule has 4 rings (SSSR count). The molecule has 1 fully saturated rings. The van der Waals surface area contributed by atoms with Gasteiger partial charge < -0.3 is 15.8 Å². The van der Waals surface area contributed by atoms with Crippen molar-refractivity contribution in [1.82, 2.24) is 19.9 Å². The number of anilines is 2. The lowest BCUT2D eigenvalue weighted by atomic mass is 9.93. The van der Waals surface area contributed by atoms with Gasteiger partial charge in [0, 0.05) is 23.3 Å². The fourth-order valence-corrected chi connectivity index (χ4v) is 4.34. The van der Waals surface area contributed by atoms with Crippen molar-refractivity contribution >= 4 is 28.3 Å². The molecule has 1 amide bonds. The second-order valence-electron chi connectivity index (χ2n) is 7.13. The first-order chi connectivity index (χ1) is 14.6. The van der Waals surface area contributed by atoms with Gasteiger partial charge in [-0.15, -0.1) is 11.3 Å². The van der Waals surface area contributed by atoms with E-state index in [-0.39, 0.29) is 24.4 Å². The van der Waals surface area contributed by atoms with Gasteiger partial charge in [-0.3, -0.25) is 9.69 Å². The molecular weight excluding hydrogens is 400 g/mol. The molecule has 8 nitrogen and oxygen atoms in total. The summed E-state index contributed by atoms with van der Waals surface area (Å²) in [5, 5.41) is 5.31. The summed E-state index contributed by atoms with van der Waals surface area (Å²) >= 11 is 1.41. The molecule has 0 spiro atoms. The zero-order valence-corrected chi connectivity index (χ0v) is 17.6. The summed E-state index contributed by atoms with van der Waals surface area (Å²) in [6.45, 7) is 1.09. The van der Waals surface area contributed by atoms with Gasteiger partial charge in [-0.2, -0.15) is 0 Å². The summed E-state index contributed by atoms with van der Waals surface area (Å²) in [6, 6.07) is 7.78. The fraction of sp³-hybridized carbons (Fsp3) is 0.333. The number of nitrogens with two attached hydrogens (primary N) is 1. The Morgan fingerprint density at radius 2 is 2.27 bits per heavy atom. The molecule has 3 heterocycles. The first kappa shape index (κ1) is 20.2. The number of nitrogens with zero attached hydrogens (tertiary/aromatic N) is 4. The van der Waals surface area contributed by atoms with Gasteiger partial charge in [0.1, 0.15) is 5.75 Å². The van der Waals surface area contributed by atoms with Gasteiger partial charge in [0.05, 0.1) is 25.4 Å². The van der Waals surface area contributed by atoms with Crippen LogP contribution in [0.5, 0.6) is 5.75 Å². The average Bonchev–Trinajstić information content (AvgIpc) is 3.27. The van der Waals surface area contributed by atoms with E-state index in [0.717, 1.165) is 48.4 Å². The Morgan fingerprint density at radius 1 is 1.37 bits per heavy atom. The number of piperidine rings is 1. The molecule has 9 heteroatoms. The molecular formula is C21H24N6O2S. The number of nitrogen functional groups attached to an aromatic ring is 1. The summed E-state index contributed by atoms with van der Waals surface area (Å²) in [5.74, 6) is 0.912. The SMILES string of the molecule is COc1cccc(-c2cnc(N)nc2C2CCCCN2CC(=O)Nc2nccs2)c1. The Balaban J connectivity index is 1.63. The molecule has 0 bridgehead atoms. The number of nitrogens with one attached hydrogen (secondary N) is 1. The zero-order valence-electron chi connectivity index (χ0n) is 16.7. The van der Waals surface area contributed by atoms with Crippen LogP contribution in [0.1, 0.15) is 31.0 Å². The summed E-state index contributed by atoms with van der Waals surface area (Å²) in [4.78, 5) is 27.7. The molecule has 1 atom stereocenters. The molecule has 1 saturated heterocycles. The van der Waals surface area contributed by atoms with Crippen LogP contribution in [0.25, 0.3) is 11.1 Å². The molecule has 0 aliphatic carbocycles. The highest BCUT2D eigenvalue weighted by atomic mass is 32.1. The summed E-state index contributed by atoms with van der Waals surface area (Å²) in [5.41, 5.74) is 8.66. The maximum absolute atomic E-state index is 12.6. The Bertz CT molecular complexity index is 1010. The van der Waals surface area contributed by atoms with E-state index in [1.165, 1.54) is 11.3 Å². The van der Waals surface area contributed by atoms with Crippen LogP contribution in [0, 0.1) is 0 Å². The number of likely N-dealkylation sites (tertiary alicyclic amines) is 1. The number of methoxy groups -OCH3 is 1. The molecule has 156 valence electrons. The van der Waals surface area contributed by atoms with Crippen LogP contribution in [0.2, 0.25) is 0 Å². The number of benzene rings is 1. The van der Waals surface area contributed by atoms with Crippen molar-refractivity contribution in [2.75, 3.05) is 31.2 Å². The van der Waals surface area contributed by atoms with Crippen molar-refractivity contribution in [2.24, 2.45) is 0 Å². The van der Waals surface area contributed by atoms with Crippen LogP contribution < -0.4 is 15.8 Å². The number of rotatable bonds is 6. The van der Waals surface area contributed by atoms with Crippen LogP contribution in [0.4, 0.5) is 11.1 Å². The van der Waals surface area contributed by atoms with E-state index in [2.05, 4.69) is 25.2 Å². The predicted molar refractivity (Wildman–Crippen MR) is 117 cm³/mol. The Kier molecular flexibility index (Phi) is 6.20. The summed E-state index contributed by atoms with van der Waals surface area (Å²) < 4.78 is 5.38. The van der Waals surface area contributed by atoms with Crippen LogP contribution in [-0.4, -0.2) is 46.0 Å². The third kappa shape index (κ3) is 4.58. The van der Waals surface area contributed by atoms with Gasteiger partial charge in [-0.1, -0.05) is 18.6 Å². The minimum Gasteiger partial charge on any atom is -0.497 e. The second-order valence-corrected chi connectivity index (χ2v) is 8.02. The third-order valence-corrected chi connectivity index (χ3v) is 5.86. The number of carbonyl (C=O) groups is 1. The largest absolute Gasteiger partial charge is 0.497 e. The number of carbonyl (C=O) groups excluding carboxylic acids is 1. The van der Waals surface area contributed by atoms with E-state index in [1.54, 1.807) is 19.5 Å². The van der Waals surface area contributed by atoms with Gasteiger partial charge >= 0.3 is 0 Å². The highest BCUT2D eigenvalue weighted by Crippen LogP contribution is 2.36. The molecule has 1 unspecified atom stereocenters. The van der Waals surface area contributed by atoms with E-state index in [9.17, 15) is 4.79 Å². The Morgan fingerprint density at radius 3 is 3.07 bits per heavy atom. The highest BCUT2D eigenvalue weighted by molar-refractivity contribution is 7.13. The van der Waals surface area contributed by atoms with Crippen molar-refractivity contribution < 1.29 is 9.53 Å². The number of hydrogen-bond acceptors (Lipinski definition) is 8. The number of amides is 1. The smallest absolute Gasteiger partial charge is 0.240 e. The van der Waals surface area contributed by atoms with Crippen molar-refractivity contribution in [1.29, 1.82) is 0 Å². The van der Waals surface area contributed by atoms with Gasteiger partial charge in [-0.05, 0) is 37.1 Å². The lowest BCUT2D eigenvalue weighted by molar-refractivity contribution is -0.118. The van der Waals surface area contributed by atoms with E-state index >= 15 is 0 Å². The minimum absolute atomic E-state index is 0.0210. The third-order valence-electron chi connectivity index (χ3n) is 5.17. The molecule has 1 aliphatic rings. The highest BCUT2D eigenvalue weighted by Gasteiger charge is 2.29. The zero-order chi connectivity index (χ0) is 20.9. The van der Waals surface area contributed by atoms with Crippen LogP contribution >= 0.6 is 11.3 Å². The molecule has 2 aromatic heterocycles. The normalized spacial score (nSPS) is 16.9. The molecule has 0 radical (unpaired) electrons. The standard InChI is InChI=1S/C21H24N6O2S/c1-29-15-6-4-5-14(11-15)16-12-24-20(22)26-19(16)17-7-2-3-9-27(17)13-18(28)25-21-23-8-10-30-21/h4-6,8,10-12,17H,2-3,7,9,13H2,1H3,(H2,22,24,26)(H,23,25,28). The van der Waals surface area contributed by atoms with E-state index in [4.69, 9.17) is 10.5 Å². The first-order valence-corrected chi connectivity index (χ1v) is 10.7. The van der Waals surface area contributed by atoms with E-state index in [1.807, 2.05) is 29.6 Å². The average molecular weight is 425 g/mol. The Labute approximate surface area is 179 Å². The molecule has 3 aromatic rings. The van der Waals surface area contributed by atoms with Crippen LogP contribution in [-0.2, 0) is 4.79 Å². The minimum atomic E-state index is -0.0817. The maximum atomic E-state index is 12.6. The van der Waals surface area contributed by atoms with Crippen molar-refractivity contribution in [3.8, 4) is 16.9 Å². The quantitative estimate of drug-likeness (QED) is 0.625. The monoisotopic (exact) mass is 424 g/mol. The van der Waals surface area contributed by atoms with Crippen molar-refractivity contribution in [2.45, 2.75) is 25.3 Å². The molecule has 0 saturated carbocycles. The van der Waals surface area contributed by atoms with Crippen molar-refractivity contribution in [3.05, 3.63) is 47.7 Å². The number of thiazole rings is 1. The van der Waals surface area contributed by atoms with Gasteiger partial charge in [0.25, 0.3) is 0 Å². The van der Waals surface area contributed by atoms with Gasteiger partial charge in [0.2, 0.25) is 11.9 Å². The fourth-order valence-electron chi connectivity index (χ4n) is 3.79. The first-order valence-electron chi connectivity index (χ1n) is 9.84. The van der Waals surface area contributed by atoms with Crippen molar-refractivity contribution in [3.63, 3.8) is 0 Å².